The Morgan fingerprint density at radius 2 is 1.26 bits per heavy atom. The van der Waals surface area contributed by atoms with Gasteiger partial charge in [-0.15, -0.1) is 0 Å². The van der Waals surface area contributed by atoms with Gasteiger partial charge in [-0.2, -0.15) is 0 Å². The Labute approximate surface area is 248 Å². The number of nitrogens with zero attached hydrogens (tertiary/aromatic N) is 1. The number of anilines is 1. The maximum Gasteiger partial charge on any atom is 0.414 e. The lowest BCUT2D eigenvalue weighted by Crippen LogP contribution is -2.46. The van der Waals surface area contributed by atoms with Crippen LogP contribution in [0.3, 0.4) is 0 Å². The van der Waals surface area contributed by atoms with Gasteiger partial charge < -0.3 is 35.8 Å². The molecule has 0 aromatic heterocycles. The first kappa shape index (κ1) is 36.8. The summed E-state index contributed by atoms with van der Waals surface area (Å²) >= 11 is 0. The van der Waals surface area contributed by atoms with Gasteiger partial charge in [0.05, 0.1) is 23.2 Å². The van der Waals surface area contributed by atoms with E-state index in [0.29, 0.717) is 18.0 Å². The van der Waals surface area contributed by atoms with Crippen LogP contribution in [0.4, 0.5) is 5.69 Å². The molecule has 2 aromatic rings. The van der Waals surface area contributed by atoms with Gasteiger partial charge >= 0.3 is 11.9 Å². The number of carboxylic acid groups (broad SMARTS) is 2. The number of aryl methyl sites for hydroxylation is 1. The molecule has 236 valence electrons. The van der Waals surface area contributed by atoms with Crippen molar-refractivity contribution < 1.29 is 43.2 Å². The molecule has 0 amide bonds. The van der Waals surface area contributed by atoms with Crippen LogP contribution in [0, 0.1) is 6.92 Å². The molecule has 12 nitrogen and oxygen atoms in total. The maximum atomic E-state index is 13.6. The van der Waals surface area contributed by atoms with Crippen molar-refractivity contribution in [2.75, 3.05) is 30.5 Å². The first-order valence-corrected chi connectivity index (χ1v) is 14.8. The van der Waals surface area contributed by atoms with E-state index >= 15 is 0 Å². The van der Waals surface area contributed by atoms with Crippen molar-refractivity contribution in [1.82, 2.24) is 10.6 Å². The van der Waals surface area contributed by atoms with Crippen LogP contribution in [0.15, 0.2) is 53.4 Å². The highest BCUT2D eigenvalue weighted by Gasteiger charge is 2.28. The van der Waals surface area contributed by atoms with Crippen molar-refractivity contribution in [2.45, 2.75) is 76.6 Å². The van der Waals surface area contributed by atoms with Gasteiger partial charge in [-0.3, -0.25) is 4.31 Å². The van der Waals surface area contributed by atoms with E-state index in [1.165, 1.54) is 4.31 Å². The number of aliphatic carboxylic acids is 2. The molecule has 0 bridgehead atoms. The average Bonchev–Trinajstić information content (AvgIpc) is 2.88. The average molecular weight is 612 g/mol. The molecular weight excluding hydrogens is 566 g/mol. The predicted octanol–water partition coefficient (Wildman–Crippen LogP) is 2.22. The normalized spacial score (nSPS) is 13.4. The number of hydrogen-bond donors (Lipinski definition) is 6. The van der Waals surface area contributed by atoms with Crippen LogP contribution in [0.2, 0.25) is 0 Å². The third kappa shape index (κ3) is 14.1. The molecule has 0 aliphatic carbocycles. The molecule has 2 rings (SSSR count). The van der Waals surface area contributed by atoms with Crippen LogP contribution in [0.5, 0.6) is 5.75 Å². The molecule has 2 atom stereocenters. The van der Waals surface area contributed by atoms with Crippen LogP contribution in [-0.4, -0.2) is 90.3 Å². The molecule has 0 saturated carbocycles. The molecule has 2 aromatic carbocycles. The van der Waals surface area contributed by atoms with E-state index in [-0.39, 0.29) is 35.7 Å². The van der Waals surface area contributed by atoms with Gasteiger partial charge in [0.25, 0.3) is 10.0 Å². The Bertz CT molecular complexity index is 1230. The number of sulfonamides is 1. The van der Waals surface area contributed by atoms with Gasteiger partial charge in [-0.25, -0.2) is 18.0 Å². The van der Waals surface area contributed by atoms with E-state index in [9.17, 15) is 18.6 Å². The molecule has 0 aliphatic heterocycles. The lowest BCUT2D eigenvalue weighted by atomic mass is 10.1. The summed E-state index contributed by atoms with van der Waals surface area (Å²) < 4.78 is 34.0. The fourth-order valence-corrected chi connectivity index (χ4v) is 4.75. The highest BCUT2D eigenvalue weighted by atomic mass is 32.2. The molecule has 13 heteroatoms. The number of ether oxygens (including phenoxy) is 1. The quantitative estimate of drug-likeness (QED) is 0.193. The van der Waals surface area contributed by atoms with E-state index in [1.54, 1.807) is 48.5 Å². The van der Waals surface area contributed by atoms with Gasteiger partial charge in [0.1, 0.15) is 18.5 Å². The predicted molar refractivity (Wildman–Crippen MR) is 160 cm³/mol. The molecule has 0 fully saturated rings. The van der Waals surface area contributed by atoms with Crippen LogP contribution >= 0.6 is 0 Å². The van der Waals surface area contributed by atoms with Gasteiger partial charge in [-0.1, -0.05) is 17.7 Å². The standard InChI is InChI=1S/C27H43N3O5S.C2H2O4/c1-20-8-14-25(15-9-20)36(33,34)30(18-22(31)16-28-26(2,3)4)21-10-12-24(13-11-21)35-19-23(32)17-29-27(5,6)7;3-1(4)2(5)6/h8-15,22-23,28-29,31-32H,16-19H2,1-7H3;(H,3,4)(H,5,6). The van der Waals surface area contributed by atoms with E-state index in [0.717, 1.165) is 5.56 Å². The largest absolute Gasteiger partial charge is 0.491 e. The Hall–Kier alpha value is -3.23. The Balaban J connectivity index is 0.00000132. The Kier molecular flexibility index (Phi) is 13.9. The topological polar surface area (TPSA) is 186 Å². The van der Waals surface area contributed by atoms with E-state index in [1.807, 2.05) is 48.5 Å². The monoisotopic (exact) mass is 611 g/mol. The molecule has 42 heavy (non-hydrogen) atoms. The fourth-order valence-electron chi connectivity index (χ4n) is 3.24. The molecular formula is C29H45N3O9S. The summed E-state index contributed by atoms with van der Waals surface area (Å²) in [4.78, 5) is 18.4. The lowest BCUT2D eigenvalue weighted by molar-refractivity contribution is -0.159. The van der Waals surface area contributed by atoms with Gasteiger partial charge in [0, 0.05) is 24.2 Å². The van der Waals surface area contributed by atoms with Crippen LogP contribution in [-0.2, 0) is 19.6 Å². The summed E-state index contributed by atoms with van der Waals surface area (Å²) in [6.45, 7) is 14.5. The number of carboxylic acids is 2. The van der Waals surface area contributed by atoms with Crippen molar-refractivity contribution >= 4 is 27.6 Å². The number of benzene rings is 2. The maximum absolute atomic E-state index is 13.6. The minimum Gasteiger partial charge on any atom is -0.491 e. The Morgan fingerprint density at radius 1 is 0.810 bits per heavy atom. The van der Waals surface area contributed by atoms with Gasteiger partial charge in [0.15, 0.2) is 0 Å². The molecule has 0 saturated heterocycles. The van der Waals surface area contributed by atoms with Gasteiger partial charge in [-0.05, 0) is 84.9 Å². The highest BCUT2D eigenvalue weighted by molar-refractivity contribution is 7.92. The summed E-state index contributed by atoms with van der Waals surface area (Å²) in [6, 6.07) is 13.3. The zero-order valence-electron chi connectivity index (χ0n) is 25.3. The van der Waals surface area contributed by atoms with Crippen LogP contribution < -0.4 is 19.7 Å². The summed E-state index contributed by atoms with van der Waals surface area (Å²) in [6.07, 6.45) is -1.61. The molecule has 0 radical (unpaired) electrons. The SMILES string of the molecule is Cc1ccc(S(=O)(=O)N(CC(O)CNC(C)(C)C)c2ccc(OCC(O)CNC(C)(C)C)cc2)cc1.O=C(O)C(=O)O. The number of carbonyl (C=O) groups is 2. The van der Waals surface area contributed by atoms with Gasteiger partial charge in [0.2, 0.25) is 0 Å². The third-order valence-corrected chi connectivity index (χ3v) is 7.28. The molecule has 6 N–H and O–H groups in total. The molecule has 0 spiro atoms. The minimum atomic E-state index is -3.92. The van der Waals surface area contributed by atoms with Crippen LogP contribution in [0.25, 0.3) is 0 Å². The number of hydrogen-bond acceptors (Lipinski definition) is 9. The number of rotatable bonds is 12. The van der Waals surface area contributed by atoms with Crippen molar-refractivity contribution in [3.63, 3.8) is 0 Å². The molecule has 0 aliphatic rings. The molecule has 0 heterocycles. The minimum absolute atomic E-state index is 0.102. The first-order valence-electron chi connectivity index (χ1n) is 13.4. The van der Waals surface area contributed by atoms with Crippen molar-refractivity contribution in [2.24, 2.45) is 0 Å². The first-order chi connectivity index (χ1) is 19.2. The zero-order chi connectivity index (χ0) is 32.3. The Morgan fingerprint density at radius 3 is 1.69 bits per heavy atom. The van der Waals surface area contributed by atoms with Crippen molar-refractivity contribution in [3.8, 4) is 5.75 Å². The van der Waals surface area contributed by atoms with Crippen molar-refractivity contribution in [3.05, 3.63) is 54.1 Å². The third-order valence-electron chi connectivity index (χ3n) is 5.47. The zero-order valence-corrected chi connectivity index (χ0v) is 26.1. The summed E-state index contributed by atoms with van der Waals surface area (Å²) in [5, 5.41) is 42.1. The van der Waals surface area contributed by atoms with E-state index in [2.05, 4.69) is 10.6 Å². The summed E-state index contributed by atoms with van der Waals surface area (Å²) in [5.74, 6) is -3.14. The van der Waals surface area contributed by atoms with E-state index in [4.69, 9.17) is 24.5 Å². The smallest absolute Gasteiger partial charge is 0.414 e. The summed E-state index contributed by atoms with van der Waals surface area (Å²) in [7, 11) is -3.92. The number of aliphatic hydroxyl groups excluding tert-OH is 2. The van der Waals surface area contributed by atoms with E-state index < -0.39 is 34.2 Å². The van der Waals surface area contributed by atoms with Crippen molar-refractivity contribution in [1.29, 1.82) is 0 Å². The number of β-amino-alcohol motifs (C(OH)–C–C–N with tert-alkyl or cyclic N) is 2. The second kappa shape index (κ2) is 15.8. The number of aliphatic hydroxyl groups is 2. The summed E-state index contributed by atoms with van der Waals surface area (Å²) in [5.41, 5.74) is 1.04. The lowest BCUT2D eigenvalue weighted by Gasteiger charge is -2.29. The number of nitrogens with one attached hydrogen (secondary N) is 2. The second-order valence-corrected chi connectivity index (χ2v) is 13.7. The fraction of sp³-hybridized carbons (Fsp3) is 0.517. The highest BCUT2D eigenvalue weighted by Crippen LogP contribution is 2.26. The second-order valence-electron chi connectivity index (χ2n) is 11.8. The van der Waals surface area contributed by atoms with Crippen LogP contribution in [0.1, 0.15) is 47.1 Å². The molecule has 2 unspecified atom stereocenters.